The lowest BCUT2D eigenvalue weighted by molar-refractivity contribution is -0.145. The van der Waals surface area contributed by atoms with Gasteiger partial charge in [-0.3, -0.25) is 14.4 Å². The summed E-state index contributed by atoms with van der Waals surface area (Å²) >= 11 is 0. The lowest BCUT2D eigenvalue weighted by atomic mass is 9.77. The minimum atomic E-state index is -4.99. The SMILES string of the molecule is C=CC1=C(/C=C\C)C2(OC1=O)c1ccccc1Oc1cc(N(C)C)ccc12.CCC(CC)(NC(=O)c1cc(-c2cc(C(F)(F)F)ccc2C(F)(F)F)n(CC2CCCO2)c1C)C(=O)NCCOCCOCCNC(C)=O.CN(C)C. The molecular formula is C59H74F6N6O9. The van der Waals surface area contributed by atoms with Crippen LogP contribution >= 0.6 is 0 Å². The molecule has 4 aromatic rings. The minimum Gasteiger partial charge on any atom is -0.456 e. The predicted molar refractivity (Wildman–Crippen MR) is 293 cm³/mol. The molecule has 21 heteroatoms. The maximum Gasteiger partial charge on any atom is 0.417 e. The van der Waals surface area contributed by atoms with Crippen LogP contribution in [0.2, 0.25) is 0 Å². The summed E-state index contributed by atoms with van der Waals surface area (Å²) in [5, 5.41) is 8.08. The van der Waals surface area contributed by atoms with Gasteiger partial charge in [0.1, 0.15) is 17.0 Å². The molecule has 80 heavy (non-hydrogen) atoms. The average molecular weight is 1130 g/mol. The van der Waals surface area contributed by atoms with Crippen molar-refractivity contribution in [2.24, 2.45) is 0 Å². The van der Waals surface area contributed by atoms with Gasteiger partial charge in [-0.2, -0.15) is 26.3 Å². The summed E-state index contributed by atoms with van der Waals surface area (Å²) in [6, 6.07) is 16.0. The Morgan fingerprint density at radius 1 is 0.850 bits per heavy atom. The molecule has 436 valence electrons. The zero-order valence-corrected chi connectivity index (χ0v) is 47.1. The van der Waals surface area contributed by atoms with E-state index < -0.39 is 58.1 Å². The Balaban J connectivity index is 0.000000315. The van der Waals surface area contributed by atoms with Crippen molar-refractivity contribution in [1.82, 2.24) is 25.4 Å². The van der Waals surface area contributed by atoms with E-state index in [-0.39, 0.29) is 74.6 Å². The standard InChI is InChI=1S/C33H44F6N4O6.C23H21NO3.C3H9N/c1-5-31(6-2,30(46)41-12-15-48-17-16-47-14-11-40-22(4)44)42-29(45)25-19-28(43(21(25)3)20-24-8-7-13-49-24)26-18-23(32(34,35)36)9-10-27(26)33(37,38)39;1-5-9-17-16(6-2)22(25)27-23(17)18-10-7-8-11-20(18)26-21-14-15(24(3)4)12-13-19(21)23;1-4(2)3/h9-10,18-19,24H,5-8,11-17,20H2,1-4H3,(H,40,44)(H,41,46)(H,42,45);5-14H,2H2,1,3-4H3;1-3H3/b;9-5-;. The molecule has 1 aromatic heterocycles. The summed E-state index contributed by atoms with van der Waals surface area (Å²) in [5.41, 5.74) is -1.93. The van der Waals surface area contributed by atoms with Crippen LogP contribution in [0, 0.1) is 6.92 Å². The lowest BCUT2D eigenvalue weighted by Gasteiger charge is -2.37. The zero-order valence-electron chi connectivity index (χ0n) is 47.1. The van der Waals surface area contributed by atoms with Crippen molar-refractivity contribution in [3.05, 3.63) is 136 Å². The van der Waals surface area contributed by atoms with Crippen LogP contribution in [0.4, 0.5) is 32.0 Å². The number of nitrogens with zero attached hydrogens (tertiary/aromatic N) is 3. The van der Waals surface area contributed by atoms with Crippen molar-refractivity contribution in [1.29, 1.82) is 0 Å². The number of benzene rings is 3. The van der Waals surface area contributed by atoms with E-state index in [4.69, 9.17) is 23.7 Å². The highest BCUT2D eigenvalue weighted by Crippen LogP contribution is 2.57. The third-order valence-electron chi connectivity index (χ3n) is 13.5. The largest absolute Gasteiger partial charge is 0.456 e. The number of hydrogen-bond acceptors (Lipinski definition) is 11. The van der Waals surface area contributed by atoms with Gasteiger partial charge in [0.25, 0.3) is 5.91 Å². The van der Waals surface area contributed by atoms with E-state index in [2.05, 4.69) is 22.5 Å². The number of carbonyl (C=O) groups excluding carboxylic acids is 4. The molecule has 0 radical (unpaired) electrons. The summed E-state index contributed by atoms with van der Waals surface area (Å²) in [6.45, 7) is 13.9. The second-order valence-corrected chi connectivity index (χ2v) is 19.9. The average Bonchev–Trinajstić information content (AvgIpc) is 3.92. The quantitative estimate of drug-likeness (QED) is 0.0439. The zero-order chi connectivity index (χ0) is 59.2. The van der Waals surface area contributed by atoms with Crippen LogP contribution in [0.5, 0.6) is 11.5 Å². The van der Waals surface area contributed by atoms with Crippen molar-refractivity contribution in [2.75, 3.05) is 86.3 Å². The summed E-state index contributed by atoms with van der Waals surface area (Å²) in [7, 11) is 9.95. The number of aromatic nitrogens is 1. The number of hydrogen-bond donors (Lipinski definition) is 3. The van der Waals surface area contributed by atoms with Crippen molar-refractivity contribution in [2.45, 2.75) is 96.4 Å². The molecule has 0 saturated carbocycles. The molecule has 3 N–H and O–H groups in total. The molecule has 0 aliphatic carbocycles. The molecule has 3 aromatic carbocycles. The van der Waals surface area contributed by atoms with E-state index in [0.717, 1.165) is 28.5 Å². The first kappa shape index (κ1) is 63.9. The molecule has 2 atom stereocenters. The smallest absolute Gasteiger partial charge is 0.417 e. The van der Waals surface area contributed by atoms with Crippen molar-refractivity contribution in [3.63, 3.8) is 0 Å². The topological polar surface area (TPSA) is 162 Å². The predicted octanol–water partition coefficient (Wildman–Crippen LogP) is 10.1. The Morgan fingerprint density at radius 2 is 1.49 bits per heavy atom. The van der Waals surface area contributed by atoms with E-state index in [9.17, 15) is 45.5 Å². The molecule has 1 spiro atoms. The number of amides is 3. The number of halogens is 6. The Morgan fingerprint density at radius 3 is 2.05 bits per heavy atom. The van der Waals surface area contributed by atoms with Crippen LogP contribution in [0.25, 0.3) is 11.3 Å². The summed E-state index contributed by atoms with van der Waals surface area (Å²) in [6.07, 6.45) is -3.31. The third kappa shape index (κ3) is 15.3. The van der Waals surface area contributed by atoms with E-state index in [1.54, 1.807) is 19.9 Å². The van der Waals surface area contributed by atoms with Gasteiger partial charge in [0, 0.05) is 92.7 Å². The summed E-state index contributed by atoms with van der Waals surface area (Å²) in [4.78, 5) is 54.7. The van der Waals surface area contributed by atoms with Gasteiger partial charge >= 0.3 is 18.3 Å². The number of ether oxygens (including phenoxy) is 5. The molecule has 3 aliphatic rings. The first-order valence-electron chi connectivity index (χ1n) is 26.3. The lowest BCUT2D eigenvalue weighted by Crippen LogP contribution is -2.58. The van der Waals surface area contributed by atoms with Crippen LogP contribution in [-0.2, 0) is 57.8 Å². The molecule has 2 unspecified atom stereocenters. The van der Waals surface area contributed by atoms with Crippen molar-refractivity contribution < 1.29 is 69.2 Å². The van der Waals surface area contributed by atoms with Crippen LogP contribution < -0.4 is 25.6 Å². The Labute approximate surface area is 464 Å². The number of anilines is 1. The number of esters is 1. The molecule has 15 nitrogen and oxygen atoms in total. The summed E-state index contributed by atoms with van der Waals surface area (Å²) in [5.74, 6) is -0.449. The van der Waals surface area contributed by atoms with Crippen LogP contribution in [0.3, 0.4) is 0 Å². The van der Waals surface area contributed by atoms with Crippen LogP contribution in [-0.4, -0.2) is 126 Å². The number of rotatable bonds is 20. The molecule has 0 bridgehead atoms. The molecule has 4 heterocycles. The fourth-order valence-electron chi connectivity index (χ4n) is 9.41. The number of para-hydroxylation sites is 1. The molecular weight excluding hydrogens is 1050 g/mol. The highest BCUT2D eigenvalue weighted by Gasteiger charge is 2.53. The van der Waals surface area contributed by atoms with E-state index >= 15 is 0 Å². The van der Waals surface area contributed by atoms with Gasteiger partial charge in [0.15, 0.2) is 5.60 Å². The second kappa shape index (κ2) is 28.0. The van der Waals surface area contributed by atoms with Gasteiger partial charge in [-0.15, -0.1) is 0 Å². The Kier molecular flexibility index (Phi) is 22.3. The van der Waals surface area contributed by atoms with Gasteiger partial charge in [0.2, 0.25) is 11.8 Å². The normalized spacial score (nSPS) is 16.7. The minimum absolute atomic E-state index is 0.00944. The third-order valence-corrected chi connectivity index (χ3v) is 13.5. The number of allylic oxidation sites excluding steroid dienone is 1. The highest BCUT2D eigenvalue weighted by molar-refractivity contribution is 6.01. The van der Waals surface area contributed by atoms with Gasteiger partial charge in [-0.1, -0.05) is 56.9 Å². The van der Waals surface area contributed by atoms with E-state index in [1.807, 2.05) is 107 Å². The highest BCUT2D eigenvalue weighted by atomic mass is 19.4. The van der Waals surface area contributed by atoms with Crippen LogP contribution in [0.15, 0.2) is 103 Å². The molecule has 1 fully saturated rings. The maximum atomic E-state index is 14.2. The fourth-order valence-corrected chi connectivity index (χ4v) is 9.41. The number of nitrogens with one attached hydrogen (secondary N) is 3. The van der Waals surface area contributed by atoms with Crippen molar-refractivity contribution in [3.8, 4) is 22.8 Å². The van der Waals surface area contributed by atoms with Crippen LogP contribution in [0.1, 0.15) is 91.7 Å². The maximum absolute atomic E-state index is 14.2. The van der Waals surface area contributed by atoms with E-state index in [0.29, 0.717) is 67.9 Å². The fraction of sp³-hybridized carbons (Fsp3) is 0.458. The van der Waals surface area contributed by atoms with Gasteiger partial charge < -0.3 is 54.0 Å². The first-order chi connectivity index (χ1) is 37.8. The van der Waals surface area contributed by atoms with Crippen molar-refractivity contribution >= 4 is 29.4 Å². The second-order valence-electron chi connectivity index (χ2n) is 19.9. The van der Waals surface area contributed by atoms with E-state index in [1.165, 1.54) is 18.4 Å². The molecule has 1 saturated heterocycles. The van der Waals surface area contributed by atoms with Gasteiger partial charge in [-0.05, 0) is 103 Å². The Bertz CT molecular complexity index is 2880. The Hall–Kier alpha value is -6.94. The number of carbonyl (C=O) groups is 4. The molecule has 3 aliphatic heterocycles. The molecule has 3 amide bonds. The van der Waals surface area contributed by atoms with Gasteiger partial charge in [-0.25, -0.2) is 4.79 Å². The number of fused-ring (bicyclic) bond motifs is 4. The summed E-state index contributed by atoms with van der Waals surface area (Å²) < 4.78 is 114. The molecule has 7 rings (SSSR count). The first-order valence-corrected chi connectivity index (χ1v) is 26.3. The number of alkyl halides is 6. The van der Waals surface area contributed by atoms with Gasteiger partial charge in [0.05, 0.1) is 54.8 Å². The monoisotopic (exact) mass is 1120 g/mol.